The van der Waals surface area contributed by atoms with Gasteiger partial charge in [0.25, 0.3) is 0 Å². The van der Waals surface area contributed by atoms with Crippen LogP contribution >= 0.6 is 0 Å². The number of tetrazole rings is 1. The van der Waals surface area contributed by atoms with Crippen LogP contribution in [0.15, 0.2) is 0 Å². The third-order valence-corrected chi connectivity index (χ3v) is 5.05. The summed E-state index contributed by atoms with van der Waals surface area (Å²) in [4.78, 5) is 11.3. The van der Waals surface area contributed by atoms with Crippen molar-refractivity contribution < 1.29 is 14.6 Å². The molecule has 0 saturated heterocycles. The van der Waals surface area contributed by atoms with E-state index in [4.69, 9.17) is 4.74 Å². The summed E-state index contributed by atoms with van der Waals surface area (Å²) in [5.41, 5.74) is 0. The molecule has 0 aliphatic rings. The zero-order valence-corrected chi connectivity index (χ0v) is 15.2. The topological polar surface area (TPSA) is 90.1 Å². The van der Waals surface area contributed by atoms with E-state index in [9.17, 15) is 9.90 Å². The first-order valence-corrected chi connectivity index (χ1v) is 11.5. The van der Waals surface area contributed by atoms with Gasteiger partial charge in [0.2, 0.25) is 0 Å². The normalized spacial score (nSPS) is 13.5. The molecule has 1 aromatic heterocycles. The molecule has 0 saturated carbocycles. The van der Waals surface area contributed by atoms with Crippen molar-refractivity contribution in [1.29, 1.82) is 0 Å². The molecule has 0 unspecified atom stereocenters. The molecule has 7 nitrogen and oxygen atoms in total. The Bertz CT molecular complexity index is 471. The van der Waals surface area contributed by atoms with Crippen molar-refractivity contribution in [3.05, 3.63) is 5.82 Å². The van der Waals surface area contributed by atoms with Crippen molar-refractivity contribution >= 4 is 14.0 Å². The maximum atomic E-state index is 11.3. The summed E-state index contributed by atoms with van der Waals surface area (Å²) in [6, 6.07) is 1.08. The quantitative estimate of drug-likeness (QED) is 0.523. The first-order chi connectivity index (χ1) is 10.2. The predicted octanol–water partition coefficient (Wildman–Crippen LogP) is 2.27. The maximum Gasteiger partial charge on any atom is 0.306 e. The van der Waals surface area contributed by atoms with E-state index in [2.05, 4.69) is 35.2 Å². The van der Waals surface area contributed by atoms with Crippen LogP contribution in [0.5, 0.6) is 0 Å². The SMILES string of the molecule is CC(C)C[C@@H](Cc1nnnn1COCC[Si](C)(C)C)C(=O)O. The van der Waals surface area contributed by atoms with Gasteiger partial charge < -0.3 is 9.84 Å². The number of carbonyl (C=O) groups is 1. The monoisotopic (exact) mass is 328 g/mol. The van der Waals surface area contributed by atoms with Crippen molar-refractivity contribution in [3.8, 4) is 0 Å². The summed E-state index contributed by atoms with van der Waals surface area (Å²) in [5.74, 6) is -0.380. The van der Waals surface area contributed by atoms with Gasteiger partial charge in [0, 0.05) is 21.1 Å². The van der Waals surface area contributed by atoms with Crippen molar-refractivity contribution in [2.75, 3.05) is 6.61 Å². The molecule has 0 fully saturated rings. The third kappa shape index (κ3) is 7.12. The van der Waals surface area contributed by atoms with E-state index in [1.54, 1.807) is 4.68 Å². The molecule has 126 valence electrons. The van der Waals surface area contributed by atoms with Crippen LogP contribution in [-0.4, -0.2) is 46.0 Å². The van der Waals surface area contributed by atoms with Crippen LogP contribution in [0.4, 0.5) is 0 Å². The number of hydrogen-bond donors (Lipinski definition) is 1. The number of aromatic nitrogens is 4. The van der Waals surface area contributed by atoms with Crippen LogP contribution in [0, 0.1) is 11.8 Å². The van der Waals surface area contributed by atoms with E-state index in [0.29, 0.717) is 31.2 Å². The van der Waals surface area contributed by atoms with Crippen LogP contribution in [0.25, 0.3) is 0 Å². The summed E-state index contributed by atoms with van der Waals surface area (Å²) < 4.78 is 7.18. The average Bonchev–Trinajstić information content (AvgIpc) is 2.79. The first kappa shape index (κ1) is 18.8. The third-order valence-electron chi connectivity index (χ3n) is 3.35. The van der Waals surface area contributed by atoms with Gasteiger partial charge >= 0.3 is 5.97 Å². The molecule has 0 amide bonds. The summed E-state index contributed by atoms with van der Waals surface area (Å²) >= 11 is 0. The summed E-state index contributed by atoms with van der Waals surface area (Å²) in [6.07, 6.45) is 0.941. The molecule has 1 atom stereocenters. The Balaban J connectivity index is 2.55. The number of hydrogen-bond acceptors (Lipinski definition) is 5. The van der Waals surface area contributed by atoms with Gasteiger partial charge in [-0.3, -0.25) is 4.79 Å². The van der Waals surface area contributed by atoms with E-state index >= 15 is 0 Å². The fraction of sp³-hybridized carbons (Fsp3) is 0.857. The van der Waals surface area contributed by atoms with Crippen LogP contribution < -0.4 is 0 Å². The number of nitrogens with zero attached hydrogens (tertiary/aromatic N) is 4. The Morgan fingerprint density at radius 3 is 2.59 bits per heavy atom. The second-order valence-corrected chi connectivity index (χ2v) is 12.9. The van der Waals surface area contributed by atoms with E-state index in [1.807, 2.05) is 13.8 Å². The molecule has 0 bridgehead atoms. The molecule has 0 spiro atoms. The van der Waals surface area contributed by atoms with Gasteiger partial charge in [0.1, 0.15) is 6.73 Å². The molecule has 0 aliphatic heterocycles. The Morgan fingerprint density at radius 1 is 1.36 bits per heavy atom. The minimum Gasteiger partial charge on any atom is -0.481 e. The Morgan fingerprint density at radius 2 is 2.05 bits per heavy atom. The average molecular weight is 328 g/mol. The Labute approximate surface area is 133 Å². The second-order valence-electron chi connectivity index (χ2n) is 7.31. The van der Waals surface area contributed by atoms with Gasteiger partial charge in [-0.05, 0) is 28.8 Å². The molecule has 0 aliphatic carbocycles. The fourth-order valence-corrected chi connectivity index (χ4v) is 2.82. The molecule has 1 heterocycles. The highest BCUT2D eigenvalue weighted by Gasteiger charge is 2.22. The number of carboxylic acids is 1. The van der Waals surface area contributed by atoms with Crippen LogP contribution in [0.2, 0.25) is 25.7 Å². The largest absolute Gasteiger partial charge is 0.481 e. The highest BCUT2D eigenvalue weighted by molar-refractivity contribution is 6.76. The lowest BCUT2D eigenvalue weighted by Crippen LogP contribution is -2.23. The zero-order valence-electron chi connectivity index (χ0n) is 14.2. The van der Waals surface area contributed by atoms with E-state index in [0.717, 1.165) is 6.04 Å². The van der Waals surface area contributed by atoms with E-state index < -0.39 is 20.0 Å². The minimum atomic E-state index is -1.12. The van der Waals surface area contributed by atoms with E-state index in [-0.39, 0.29) is 6.73 Å². The molecular formula is C14H28N4O3Si. The fourth-order valence-electron chi connectivity index (χ4n) is 2.06. The highest BCUT2D eigenvalue weighted by atomic mass is 28.3. The van der Waals surface area contributed by atoms with Gasteiger partial charge in [-0.1, -0.05) is 33.5 Å². The lowest BCUT2D eigenvalue weighted by Gasteiger charge is -2.16. The lowest BCUT2D eigenvalue weighted by atomic mass is 9.94. The second kappa shape index (κ2) is 8.38. The van der Waals surface area contributed by atoms with Crippen LogP contribution in [0.1, 0.15) is 26.1 Å². The molecule has 0 aromatic carbocycles. The highest BCUT2D eigenvalue weighted by Crippen LogP contribution is 2.16. The van der Waals surface area contributed by atoms with Crippen molar-refractivity contribution in [2.45, 2.75) is 59.1 Å². The summed E-state index contributed by atoms with van der Waals surface area (Å²) in [7, 11) is -1.12. The number of ether oxygens (including phenoxy) is 1. The predicted molar refractivity (Wildman–Crippen MR) is 86.2 cm³/mol. The number of rotatable bonds is 10. The first-order valence-electron chi connectivity index (χ1n) is 7.74. The van der Waals surface area contributed by atoms with Gasteiger partial charge in [0.05, 0.1) is 5.92 Å². The number of aliphatic carboxylic acids is 1. The van der Waals surface area contributed by atoms with Crippen LogP contribution in [-0.2, 0) is 22.7 Å². The van der Waals surface area contributed by atoms with Gasteiger partial charge in [-0.25, -0.2) is 4.68 Å². The number of carboxylic acid groups (broad SMARTS) is 1. The Kier molecular flexibility index (Phi) is 7.14. The summed E-state index contributed by atoms with van der Waals surface area (Å²) in [5, 5.41) is 20.8. The smallest absolute Gasteiger partial charge is 0.306 e. The van der Waals surface area contributed by atoms with Crippen LogP contribution in [0.3, 0.4) is 0 Å². The minimum absolute atomic E-state index is 0.279. The summed E-state index contributed by atoms with van der Waals surface area (Å²) in [6.45, 7) is 11.9. The molecule has 1 rings (SSSR count). The molecule has 1 aromatic rings. The van der Waals surface area contributed by atoms with Crippen molar-refractivity contribution in [2.24, 2.45) is 11.8 Å². The van der Waals surface area contributed by atoms with Gasteiger partial charge in [-0.2, -0.15) is 0 Å². The zero-order chi connectivity index (χ0) is 16.8. The maximum absolute atomic E-state index is 11.3. The molecule has 8 heteroatoms. The van der Waals surface area contributed by atoms with E-state index in [1.165, 1.54) is 0 Å². The Hall–Kier alpha value is -1.28. The molecule has 0 radical (unpaired) electrons. The molecular weight excluding hydrogens is 300 g/mol. The lowest BCUT2D eigenvalue weighted by molar-refractivity contribution is -0.142. The standard InChI is InChI=1S/C14H28N4O3Si/c1-11(2)8-12(14(19)20)9-13-15-16-17-18(13)10-21-6-7-22(3,4)5/h11-12H,6-10H2,1-5H3,(H,19,20)/t12-/m0/s1. The van der Waals surface area contributed by atoms with Gasteiger partial charge in [0.15, 0.2) is 5.82 Å². The molecule has 1 N–H and O–H groups in total. The van der Waals surface area contributed by atoms with Gasteiger partial charge in [-0.15, -0.1) is 5.10 Å². The van der Waals surface area contributed by atoms with Crippen molar-refractivity contribution in [3.63, 3.8) is 0 Å². The molecule has 22 heavy (non-hydrogen) atoms. The van der Waals surface area contributed by atoms with Crippen molar-refractivity contribution in [1.82, 2.24) is 20.2 Å².